The molecule has 0 saturated carbocycles. The summed E-state index contributed by atoms with van der Waals surface area (Å²) in [6, 6.07) is 9.73. The number of amides is 1. The van der Waals surface area contributed by atoms with Crippen molar-refractivity contribution in [1.29, 1.82) is 0 Å². The van der Waals surface area contributed by atoms with Gasteiger partial charge in [-0.3, -0.25) is 25.0 Å². The summed E-state index contributed by atoms with van der Waals surface area (Å²) in [4.78, 5) is 37.9. The molecule has 0 fully saturated rings. The van der Waals surface area contributed by atoms with Gasteiger partial charge in [0.05, 0.1) is 26.7 Å². The summed E-state index contributed by atoms with van der Waals surface area (Å²) in [5, 5.41) is 22.0. The summed E-state index contributed by atoms with van der Waals surface area (Å²) >= 11 is 1.13. The third-order valence-corrected chi connectivity index (χ3v) is 5.08. The quantitative estimate of drug-likeness (QED) is 0.330. The Kier molecular flexibility index (Phi) is 6.10. The first kappa shape index (κ1) is 20.3. The second-order valence-electron chi connectivity index (χ2n) is 5.87. The van der Waals surface area contributed by atoms with E-state index in [1.54, 1.807) is 10.6 Å². The van der Waals surface area contributed by atoms with Gasteiger partial charge < -0.3 is 9.30 Å². The number of nitrogens with zero attached hydrogens (tertiary/aromatic N) is 4. The lowest BCUT2D eigenvalue weighted by Crippen LogP contribution is -2.19. The highest BCUT2D eigenvalue weighted by atomic mass is 32.1. The van der Waals surface area contributed by atoms with Crippen molar-refractivity contribution in [2.75, 3.05) is 13.2 Å². The summed E-state index contributed by atoms with van der Waals surface area (Å²) in [6.07, 6.45) is 0. The van der Waals surface area contributed by atoms with Crippen molar-refractivity contribution in [1.82, 2.24) is 4.57 Å². The molecule has 0 spiro atoms. The van der Waals surface area contributed by atoms with E-state index in [1.807, 2.05) is 6.92 Å². The van der Waals surface area contributed by atoms with Crippen molar-refractivity contribution in [2.45, 2.75) is 13.5 Å². The maximum Gasteiger partial charge on any atom is 0.279 e. The molecule has 1 heterocycles. The zero-order valence-corrected chi connectivity index (χ0v) is 16.1. The van der Waals surface area contributed by atoms with E-state index in [0.29, 0.717) is 34.8 Å². The fourth-order valence-corrected chi connectivity index (χ4v) is 3.77. The molecule has 1 amide bonds. The van der Waals surface area contributed by atoms with E-state index in [4.69, 9.17) is 4.74 Å². The van der Waals surface area contributed by atoms with Gasteiger partial charge in [-0.25, -0.2) is 0 Å². The van der Waals surface area contributed by atoms with Gasteiger partial charge >= 0.3 is 0 Å². The van der Waals surface area contributed by atoms with Crippen LogP contribution in [-0.2, 0) is 11.3 Å². The third-order valence-electron chi connectivity index (χ3n) is 4.04. The van der Waals surface area contributed by atoms with Gasteiger partial charge in [-0.2, -0.15) is 4.99 Å². The van der Waals surface area contributed by atoms with Crippen LogP contribution in [0.4, 0.5) is 11.4 Å². The molecule has 0 aliphatic carbocycles. The number of thiazole rings is 1. The van der Waals surface area contributed by atoms with Crippen molar-refractivity contribution < 1.29 is 19.4 Å². The minimum Gasteiger partial charge on any atom is -0.380 e. The lowest BCUT2D eigenvalue weighted by molar-refractivity contribution is -0.385. The second-order valence-corrected chi connectivity index (χ2v) is 6.88. The van der Waals surface area contributed by atoms with E-state index in [9.17, 15) is 25.0 Å². The SMILES string of the molecule is CCOCCn1c(=NC(=O)c2cccc([N+](=O)[O-])c2)sc2cc([N+](=O)[O-])ccc21. The number of benzene rings is 2. The van der Waals surface area contributed by atoms with Gasteiger partial charge in [0.25, 0.3) is 17.3 Å². The average Bonchev–Trinajstić information content (AvgIpc) is 3.04. The summed E-state index contributed by atoms with van der Waals surface area (Å²) < 4.78 is 7.72. The zero-order valence-electron chi connectivity index (χ0n) is 15.3. The highest BCUT2D eigenvalue weighted by Crippen LogP contribution is 2.23. The second kappa shape index (κ2) is 8.71. The molecule has 0 radical (unpaired) electrons. The van der Waals surface area contributed by atoms with Gasteiger partial charge in [0.2, 0.25) is 0 Å². The maximum absolute atomic E-state index is 12.6. The molecule has 0 N–H and O–H groups in total. The number of carbonyl (C=O) groups excluding carboxylic acids is 1. The molecule has 0 saturated heterocycles. The number of aromatic nitrogens is 1. The summed E-state index contributed by atoms with van der Waals surface area (Å²) in [5.74, 6) is -0.639. The first-order valence-electron chi connectivity index (χ1n) is 8.59. The number of fused-ring (bicyclic) bond motifs is 1. The Bertz CT molecular complexity index is 1170. The van der Waals surface area contributed by atoms with Gasteiger partial charge in [0.15, 0.2) is 4.80 Å². The van der Waals surface area contributed by atoms with Crippen LogP contribution in [0.25, 0.3) is 10.2 Å². The molecule has 2 aromatic carbocycles. The van der Waals surface area contributed by atoms with E-state index >= 15 is 0 Å². The Hall–Kier alpha value is -3.44. The predicted molar refractivity (Wildman–Crippen MR) is 106 cm³/mol. The van der Waals surface area contributed by atoms with Crippen LogP contribution < -0.4 is 4.80 Å². The van der Waals surface area contributed by atoms with Crippen LogP contribution in [0.15, 0.2) is 47.5 Å². The summed E-state index contributed by atoms with van der Waals surface area (Å²) in [6.45, 7) is 3.15. The molecule has 1 aromatic heterocycles. The topological polar surface area (TPSA) is 130 Å². The smallest absolute Gasteiger partial charge is 0.279 e. The average molecular weight is 416 g/mol. The van der Waals surface area contributed by atoms with Crippen LogP contribution in [0.2, 0.25) is 0 Å². The van der Waals surface area contributed by atoms with Gasteiger partial charge in [0.1, 0.15) is 0 Å². The minimum atomic E-state index is -0.639. The molecule has 3 aromatic rings. The molecule has 29 heavy (non-hydrogen) atoms. The highest BCUT2D eigenvalue weighted by Gasteiger charge is 2.15. The molecule has 0 aliphatic heterocycles. The van der Waals surface area contributed by atoms with Crippen LogP contribution in [-0.4, -0.2) is 33.5 Å². The fourth-order valence-electron chi connectivity index (χ4n) is 2.68. The van der Waals surface area contributed by atoms with E-state index in [-0.39, 0.29) is 16.9 Å². The van der Waals surface area contributed by atoms with Crippen molar-refractivity contribution in [3.8, 4) is 0 Å². The van der Waals surface area contributed by atoms with E-state index in [2.05, 4.69) is 4.99 Å². The molecular formula is C18H16N4O6S. The number of hydrogen-bond donors (Lipinski definition) is 0. The summed E-state index contributed by atoms with van der Waals surface area (Å²) in [5.41, 5.74) is 0.499. The van der Waals surface area contributed by atoms with Crippen molar-refractivity contribution in [2.24, 2.45) is 4.99 Å². The van der Waals surface area contributed by atoms with E-state index in [1.165, 1.54) is 30.3 Å². The van der Waals surface area contributed by atoms with Crippen LogP contribution >= 0.6 is 11.3 Å². The monoisotopic (exact) mass is 416 g/mol. The minimum absolute atomic E-state index is 0.0627. The molecule has 11 heteroatoms. The predicted octanol–water partition coefficient (Wildman–Crippen LogP) is 3.30. The fraction of sp³-hybridized carbons (Fsp3) is 0.222. The molecular weight excluding hydrogens is 400 g/mol. The number of nitro groups is 2. The van der Waals surface area contributed by atoms with E-state index < -0.39 is 15.8 Å². The molecule has 10 nitrogen and oxygen atoms in total. The Balaban J connectivity index is 2.09. The Labute approximate surface area is 168 Å². The van der Waals surface area contributed by atoms with Crippen molar-refractivity contribution in [3.05, 3.63) is 73.1 Å². The number of non-ortho nitro benzene ring substituents is 2. The van der Waals surface area contributed by atoms with Gasteiger partial charge in [0, 0.05) is 43.0 Å². The Morgan fingerprint density at radius 1 is 1.14 bits per heavy atom. The van der Waals surface area contributed by atoms with Gasteiger partial charge in [-0.1, -0.05) is 17.4 Å². The lowest BCUT2D eigenvalue weighted by Gasteiger charge is -2.05. The van der Waals surface area contributed by atoms with Crippen molar-refractivity contribution in [3.63, 3.8) is 0 Å². The maximum atomic E-state index is 12.6. The first-order chi connectivity index (χ1) is 13.9. The molecule has 0 atom stereocenters. The lowest BCUT2D eigenvalue weighted by atomic mass is 10.2. The zero-order chi connectivity index (χ0) is 21.0. The number of hydrogen-bond acceptors (Lipinski definition) is 7. The molecule has 3 rings (SSSR count). The van der Waals surface area contributed by atoms with Crippen LogP contribution in [0.3, 0.4) is 0 Å². The Morgan fingerprint density at radius 2 is 1.86 bits per heavy atom. The van der Waals surface area contributed by atoms with Crippen LogP contribution in [0.1, 0.15) is 17.3 Å². The van der Waals surface area contributed by atoms with Gasteiger partial charge in [-0.15, -0.1) is 0 Å². The molecule has 0 unspecified atom stereocenters. The number of carbonyl (C=O) groups is 1. The van der Waals surface area contributed by atoms with Crippen LogP contribution in [0, 0.1) is 20.2 Å². The van der Waals surface area contributed by atoms with Gasteiger partial charge in [-0.05, 0) is 19.1 Å². The number of rotatable bonds is 7. The van der Waals surface area contributed by atoms with Crippen molar-refractivity contribution >= 4 is 38.8 Å². The van der Waals surface area contributed by atoms with Crippen LogP contribution in [0.5, 0.6) is 0 Å². The Morgan fingerprint density at radius 3 is 2.55 bits per heavy atom. The number of nitro benzene ring substituents is 2. The first-order valence-corrected chi connectivity index (χ1v) is 9.41. The largest absolute Gasteiger partial charge is 0.380 e. The summed E-state index contributed by atoms with van der Waals surface area (Å²) in [7, 11) is 0. The standard InChI is InChI=1S/C18H16N4O6S/c1-2-28-9-8-20-15-7-6-14(22(26)27)11-16(15)29-18(20)19-17(23)12-4-3-5-13(10-12)21(24)25/h3-7,10-11H,2,8-9H2,1H3. The molecule has 0 bridgehead atoms. The highest BCUT2D eigenvalue weighted by molar-refractivity contribution is 7.16. The van der Waals surface area contributed by atoms with E-state index in [0.717, 1.165) is 17.4 Å². The molecule has 150 valence electrons. The normalized spacial score (nSPS) is 11.7. The third kappa shape index (κ3) is 4.52. The molecule has 0 aliphatic rings. The number of ether oxygens (including phenoxy) is 1.